The molecule has 9 N–H and O–H groups in total. The molecule has 2 aromatic rings. The van der Waals surface area contributed by atoms with E-state index in [1.54, 1.807) is 46.8 Å². The summed E-state index contributed by atoms with van der Waals surface area (Å²) >= 11 is 0. The first-order valence-corrected chi connectivity index (χ1v) is 31.7. The number of phenols is 1. The molecule has 1 saturated heterocycles. The summed E-state index contributed by atoms with van der Waals surface area (Å²) in [6.07, 6.45) is 3.54. The Balaban J connectivity index is 1.31. The molecule has 0 saturated carbocycles. The van der Waals surface area contributed by atoms with Gasteiger partial charge in [0.05, 0.1) is 59.8 Å². The number of phenolic OH excluding ortho intramolecular Hbond substituents is 1. The van der Waals surface area contributed by atoms with Gasteiger partial charge in [-0.2, -0.15) is 0 Å². The number of nitrogens with one attached hydrogen (secondary N) is 1. The lowest BCUT2D eigenvalue weighted by Gasteiger charge is -2.45. The van der Waals surface area contributed by atoms with Gasteiger partial charge in [0.25, 0.3) is 11.7 Å². The summed E-state index contributed by atoms with van der Waals surface area (Å²) in [6, 6.07) is 4.95. The van der Waals surface area contributed by atoms with Gasteiger partial charge in [-0.25, -0.2) is 0 Å². The quantitative estimate of drug-likeness (QED) is 0.0390. The van der Waals surface area contributed by atoms with Crippen LogP contribution in [0.3, 0.4) is 0 Å². The topological polar surface area (TPSA) is 341 Å². The van der Waals surface area contributed by atoms with Crippen LogP contribution in [-0.4, -0.2) is 166 Å². The summed E-state index contributed by atoms with van der Waals surface area (Å²) in [5.41, 5.74) is -0.628. The molecule has 4 heterocycles. The first kappa shape index (κ1) is 66.0. The SMILES string of the molecule is CO[C@H]1/C=C/O[C@@]2(C)Oc3c(C)c(O)c4c(c3C2=O)C2=NC3(CCN(CC(C)C)CC3)N(CCC(=O)c3ccc(OCCCC(P(=O)(O)O)P(=O)(O)O)cc3)[C@@H]2C(=C4O)NC(=O)/C(C)=C\C=C\[C@H](C)[C@H](O)[C@@H](C)[C@@H](O)[C@@H](C)[C@H](OC(C)=O)[C@@H]1C. The number of benzene rings is 2. The zero-order valence-electron chi connectivity index (χ0n) is 49.4. The van der Waals surface area contributed by atoms with E-state index in [0.29, 0.717) is 31.8 Å². The van der Waals surface area contributed by atoms with E-state index in [0.717, 1.165) is 6.54 Å². The van der Waals surface area contributed by atoms with Crippen molar-refractivity contribution < 1.29 is 92.0 Å². The molecule has 25 heteroatoms. The number of aliphatic hydroxyl groups is 3. The van der Waals surface area contributed by atoms with Crippen LogP contribution in [-0.2, 0) is 32.9 Å². The highest BCUT2D eigenvalue weighted by Gasteiger charge is 2.58. The molecule has 2 aromatic carbocycles. The van der Waals surface area contributed by atoms with Gasteiger partial charge in [-0.15, -0.1) is 0 Å². The minimum Gasteiger partial charge on any atom is -0.507 e. The summed E-state index contributed by atoms with van der Waals surface area (Å²) in [7, 11) is -8.78. The standard InChI is InChI=1S/C59H82N4O19P2/c1-31(2)30-62-26-23-59(24-27-62)61-47-44-45-52(68)37(8)55-46(44)56(70)58(10,82-55)80-29-22-42(78-11)34(5)54(81-38(9)64)36(7)51(67)35(6)50(66)32(3)14-12-15-33(4)57(71)60-48(53(45)69)49(47)63(59)25-21-41(65)39-17-19-40(20-18-39)79-28-13-16-43(83(72,73)74)84(75,76)77/h12,14-15,17-20,22,29,31-32,34-36,42-43,49-51,54,66-69H,13,16,21,23-28,30H2,1-11H3,(H,60,71)(H2,72,73,74)(H2,75,76,77)/b14-12+,29-22+,33-15-/t32-,34+,35+,36+,42-,49-,50-,51+,54+,58-/m0/s1. The molecule has 462 valence electrons. The zero-order chi connectivity index (χ0) is 62.1. The Kier molecular flexibility index (Phi) is 20.6. The molecule has 1 amide bonds. The van der Waals surface area contributed by atoms with Crippen LogP contribution in [0, 0.1) is 36.5 Å². The van der Waals surface area contributed by atoms with Gasteiger partial charge in [0.15, 0.2) is 11.2 Å². The molecule has 23 nitrogen and oxygen atoms in total. The molecule has 1 fully saturated rings. The second-order valence-corrected chi connectivity index (χ2v) is 27.5. The van der Waals surface area contributed by atoms with Crippen LogP contribution in [0.15, 0.2) is 71.1 Å². The Hall–Kier alpha value is -5.55. The van der Waals surface area contributed by atoms with Crippen LogP contribution >= 0.6 is 15.2 Å². The van der Waals surface area contributed by atoms with Gasteiger partial charge in [0.2, 0.25) is 0 Å². The number of carbonyl (C=O) groups is 4. The number of esters is 1. The third-order valence-electron chi connectivity index (χ3n) is 17.0. The highest BCUT2D eigenvalue weighted by atomic mass is 31.2. The first-order chi connectivity index (χ1) is 39.3. The highest BCUT2D eigenvalue weighted by Crippen LogP contribution is 2.61. The van der Waals surface area contributed by atoms with Crippen molar-refractivity contribution >= 4 is 50.1 Å². The third kappa shape index (κ3) is 13.8. The fourth-order valence-electron chi connectivity index (χ4n) is 12.2. The number of piperidine rings is 1. The number of hydrogen-bond donors (Lipinski definition) is 9. The molecule has 1 aliphatic carbocycles. The number of ether oxygens (including phenoxy) is 5. The first-order valence-electron chi connectivity index (χ1n) is 28.4. The van der Waals surface area contributed by atoms with E-state index in [2.05, 4.69) is 24.1 Å². The Labute approximate surface area is 489 Å². The molecule has 84 heavy (non-hydrogen) atoms. The van der Waals surface area contributed by atoms with Gasteiger partial charge in [-0.3, -0.25) is 38.2 Å². The van der Waals surface area contributed by atoms with Gasteiger partial charge in [-0.05, 0) is 75.8 Å². The van der Waals surface area contributed by atoms with E-state index in [-0.39, 0.29) is 88.1 Å². The van der Waals surface area contributed by atoms with Crippen LogP contribution in [0.1, 0.15) is 132 Å². The minimum atomic E-state index is -5.11. The normalized spacial score (nSPS) is 29.4. The second kappa shape index (κ2) is 26.2. The fraction of sp³-hybridized carbons (Fsp3) is 0.576. The molecular formula is C59H82N4O19P2. The van der Waals surface area contributed by atoms with Crippen molar-refractivity contribution in [2.75, 3.05) is 39.9 Å². The Bertz CT molecular complexity index is 3060. The number of aromatic hydroxyl groups is 1. The number of fused-ring (bicyclic) bond motifs is 3. The van der Waals surface area contributed by atoms with E-state index in [1.165, 1.54) is 70.6 Å². The monoisotopic (exact) mass is 1210 g/mol. The average Bonchev–Trinajstić information content (AvgIpc) is 1.56. The van der Waals surface area contributed by atoms with E-state index >= 15 is 4.79 Å². The number of Topliss-reactive ketones (excluding diaryl/α,β-unsaturated/α-hetero) is 2. The molecule has 5 bridgehead atoms. The Morgan fingerprint density at radius 2 is 1.55 bits per heavy atom. The van der Waals surface area contributed by atoms with Crippen molar-refractivity contribution in [3.05, 3.63) is 93.9 Å². The predicted molar refractivity (Wildman–Crippen MR) is 310 cm³/mol. The van der Waals surface area contributed by atoms with Crippen LogP contribution in [0.2, 0.25) is 0 Å². The molecule has 0 aromatic heterocycles. The van der Waals surface area contributed by atoms with Gasteiger partial charge < -0.3 is 73.9 Å². The number of rotatable bonds is 15. The van der Waals surface area contributed by atoms with Crippen LogP contribution in [0.5, 0.6) is 17.2 Å². The Morgan fingerprint density at radius 1 is 0.905 bits per heavy atom. The summed E-state index contributed by atoms with van der Waals surface area (Å²) in [5, 5.41) is 49.2. The van der Waals surface area contributed by atoms with Gasteiger partial charge >= 0.3 is 26.9 Å². The van der Waals surface area contributed by atoms with E-state index in [9.17, 15) is 63.5 Å². The van der Waals surface area contributed by atoms with Crippen LogP contribution in [0.25, 0.3) is 5.76 Å². The minimum absolute atomic E-state index is 0.00159. The lowest BCUT2D eigenvalue weighted by molar-refractivity contribution is -0.160. The van der Waals surface area contributed by atoms with Crippen molar-refractivity contribution in [2.45, 2.75) is 149 Å². The number of aliphatic imine (C=N–C) groups is 1. The highest BCUT2D eigenvalue weighted by molar-refractivity contribution is 7.70. The van der Waals surface area contributed by atoms with Crippen molar-refractivity contribution in [1.29, 1.82) is 0 Å². The van der Waals surface area contributed by atoms with Crippen molar-refractivity contribution in [2.24, 2.45) is 34.6 Å². The lowest BCUT2D eigenvalue weighted by Crippen LogP contribution is -2.57. The number of ketones is 2. The molecule has 1 spiro atoms. The van der Waals surface area contributed by atoms with E-state index < -0.39 is 122 Å². The molecule has 10 atom stereocenters. The van der Waals surface area contributed by atoms with E-state index in [1.807, 2.05) is 4.90 Å². The number of hydrogen-bond acceptors (Lipinski definition) is 18. The number of methoxy groups -OCH3 is 1. The summed E-state index contributed by atoms with van der Waals surface area (Å²) in [5.74, 6) is -7.52. The fourth-order valence-corrected chi connectivity index (χ4v) is 14.8. The second-order valence-electron chi connectivity index (χ2n) is 23.5. The molecule has 5 aliphatic rings. The molecule has 0 radical (unpaired) electrons. The van der Waals surface area contributed by atoms with Crippen molar-refractivity contribution in [1.82, 2.24) is 15.1 Å². The third-order valence-corrected chi connectivity index (χ3v) is 20.8. The number of carbonyl (C=O) groups excluding carboxylic acids is 4. The van der Waals surface area contributed by atoms with E-state index in [4.69, 9.17) is 28.7 Å². The maximum absolute atomic E-state index is 15.3. The number of likely N-dealkylation sites (tertiary alicyclic amines) is 1. The van der Waals surface area contributed by atoms with Crippen molar-refractivity contribution in [3.8, 4) is 17.2 Å². The summed E-state index contributed by atoms with van der Waals surface area (Å²) in [4.78, 5) is 105. The number of allylic oxidation sites excluding steroid dienone is 2. The molecule has 0 unspecified atom stereocenters. The van der Waals surface area contributed by atoms with Gasteiger partial charge in [-0.1, -0.05) is 59.8 Å². The summed E-state index contributed by atoms with van der Waals surface area (Å²) < 4.78 is 53.5. The number of aliphatic hydroxyl groups excluding tert-OH is 3. The van der Waals surface area contributed by atoms with Gasteiger partial charge in [0, 0.05) is 99.5 Å². The van der Waals surface area contributed by atoms with Gasteiger partial charge in [0.1, 0.15) is 34.8 Å². The lowest BCUT2D eigenvalue weighted by atomic mass is 9.78. The van der Waals surface area contributed by atoms with Crippen LogP contribution < -0.4 is 14.8 Å². The summed E-state index contributed by atoms with van der Waals surface area (Å²) in [6.45, 7) is 18.6. The molecule has 7 rings (SSSR count). The molecular weight excluding hydrogens is 1130 g/mol. The maximum Gasteiger partial charge on any atom is 0.340 e. The molecule has 4 aliphatic heterocycles. The Morgan fingerprint density at radius 3 is 2.14 bits per heavy atom. The van der Waals surface area contributed by atoms with Crippen molar-refractivity contribution in [3.63, 3.8) is 0 Å². The average molecular weight is 1210 g/mol. The van der Waals surface area contributed by atoms with Crippen LogP contribution in [0.4, 0.5) is 0 Å². The predicted octanol–water partition coefficient (Wildman–Crippen LogP) is 6.64. The number of amides is 1. The maximum atomic E-state index is 15.3. The smallest absolute Gasteiger partial charge is 0.340 e. The zero-order valence-corrected chi connectivity index (χ0v) is 51.2. The largest absolute Gasteiger partial charge is 0.507 e. The number of nitrogens with zero attached hydrogens (tertiary/aromatic N) is 3.